The topological polar surface area (TPSA) is 186 Å². The smallest absolute Gasteiger partial charge is 0.408 e. The van der Waals surface area contributed by atoms with Crippen LogP contribution in [0.3, 0.4) is 0 Å². The summed E-state index contributed by atoms with van der Waals surface area (Å²) in [5, 5.41) is 14.6. The number of likely N-dealkylation sites (tertiary alicyclic amines) is 2. The van der Waals surface area contributed by atoms with Crippen LogP contribution < -0.4 is 10.6 Å². The number of nitrogens with zero attached hydrogens (tertiary/aromatic N) is 4. The molecule has 0 radical (unpaired) electrons. The maximum Gasteiger partial charge on any atom is 0.408 e. The fraction of sp³-hybridized carbons (Fsp3) is 0.500. The Morgan fingerprint density at radius 2 is 1.07 bits per heavy atom. The number of carbonyl (C=O) groups is 4. The van der Waals surface area contributed by atoms with Crippen molar-refractivity contribution in [2.75, 3.05) is 0 Å². The van der Waals surface area contributed by atoms with Gasteiger partial charge in [0.05, 0.1) is 23.5 Å². The van der Waals surface area contributed by atoms with E-state index in [9.17, 15) is 24.3 Å². The van der Waals surface area contributed by atoms with Crippen LogP contribution in [0.15, 0.2) is 60.9 Å². The lowest BCUT2D eigenvalue weighted by atomic mass is 10.0. The molecule has 4 heterocycles. The van der Waals surface area contributed by atoms with Crippen LogP contribution in [0.25, 0.3) is 33.6 Å². The van der Waals surface area contributed by atoms with Crippen molar-refractivity contribution in [3.8, 4) is 33.6 Å². The number of rotatable bonds is 11. The molecule has 8 atom stereocenters. The molecule has 306 valence electrons. The highest BCUT2D eigenvalue weighted by Gasteiger charge is 2.57. The van der Waals surface area contributed by atoms with Gasteiger partial charge in [-0.25, -0.2) is 19.6 Å². The fourth-order valence-electron chi connectivity index (χ4n) is 8.93. The third-order valence-electron chi connectivity index (χ3n) is 12.1. The number of ether oxygens (including phenoxy) is 1. The van der Waals surface area contributed by atoms with E-state index >= 15 is 0 Å². The monoisotopic (exact) mass is 790 g/mol. The second-order valence-corrected chi connectivity index (χ2v) is 18.2. The van der Waals surface area contributed by atoms with Gasteiger partial charge in [0.1, 0.15) is 29.3 Å². The minimum Gasteiger partial charge on any atom is -0.465 e. The molecule has 14 heteroatoms. The van der Waals surface area contributed by atoms with E-state index < -0.39 is 29.9 Å². The number of nitrogens with one attached hydrogen (secondary N) is 4. The van der Waals surface area contributed by atoms with Crippen molar-refractivity contribution in [2.24, 2.45) is 23.7 Å². The number of fused-ring (bicyclic) bond motifs is 2. The van der Waals surface area contributed by atoms with Gasteiger partial charge in [0.2, 0.25) is 11.8 Å². The number of imidazole rings is 2. The molecular formula is C44H54N8O6. The van der Waals surface area contributed by atoms with Crippen LogP contribution in [0.2, 0.25) is 0 Å². The lowest BCUT2D eigenvalue weighted by Gasteiger charge is -2.32. The van der Waals surface area contributed by atoms with Gasteiger partial charge in [0, 0.05) is 35.6 Å². The highest BCUT2D eigenvalue weighted by atomic mass is 16.6. The van der Waals surface area contributed by atoms with Gasteiger partial charge in [-0.1, -0.05) is 76.2 Å². The van der Waals surface area contributed by atoms with Crippen LogP contribution >= 0.6 is 0 Å². The van der Waals surface area contributed by atoms with Crippen LogP contribution in [0.5, 0.6) is 0 Å². The SMILES string of the molecule is CC(C)[C@H](NC(=O)O)C(=O)N1[C@@H]2C[C@@H]2C[C@H]1c1nc(-c2ccc(-c3ccc(-c4c[nH]c([C@@H]5C[C@H]6C[C@H]6N5C(=O)[C@@H](NC(=O)OC(C)(C)C)C(C)C)n4)cc3)cc2)c[nH]1. The van der Waals surface area contributed by atoms with E-state index in [4.69, 9.17) is 14.7 Å². The van der Waals surface area contributed by atoms with Crippen LogP contribution in [0.4, 0.5) is 9.59 Å². The first-order valence-corrected chi connectivity index (χ1v) is 20.5. The number of aromatic amines is 2. The molecule has 58 heavy (non-hydrogen) atoms. The first-order chi connectivity index (χ1) is 27.6. The summed E-state index contributed by atoms with van der Waals surface area (Å²) in [6.07, 6.45) is 5.51. The molecule has 5 N–H and O–H groups in total. The molecule has 2 saturated carbocycles. The highest BCUT2D eigenvalue weighted by Crippen LogP contribution is 2.54. The maximum atomic E-state index is 14.0. The van der Waals surface area contributed by atoms with Crippen molar-refractivity contribution in [1.82, 2.24) is 40.4 Å². The minimum atomic E-state index is -1.20. The Balaban J connectivity index is 0.924. The van der Waals surface area contributed by atoms with E-state index in [1.807, 2.05) is 74.2 Å². The Kier molecular flexibility index (Phi) is 10.1. The molecular weight excluding hydrogens is 737 g/mol. The molecule has 0 unspecified atom stereocenters. The van der Waals surface area contributed by atoms with Gasteiger partial charge in [-0.3, -0.25) is 9.59 Å². The van der Waals surface area contributed by atoms with Crippen LogP contribution in [-0.2, 0) is 14.3 Å². The zero-order chi connectivity index (χ0) is 41.2. The van der Waals surface area contributed by atoms with Crippen molar-refractivity contribution in [1.29, 1.82) is 0 Å². The number of alkyl carbamates (subject to hydrolysis) is 1. The number of aromatic nitrogens is 4. The zero-order valence-corrected chi connectivity index (χ0v) is 34.2. The first kappa shape index (κ1) is 39.2. The first-order valence-electron chi connectivity index (χ1n) is 20.5. The molecule has 4 fully saturated rings. The van der Waals surface area contributed by atoms with Crippen molar-refractivity contribution in [2.45, 2.75) is 116 Å². The normalized spacial score (nSPS) is 24.3. The number of carboxylic acid groups (broad SMARTS) is 1. The average molecular weight is 791 g/mol. The van der Waals surface area contributed by atoms with Crippen molar-refractivity contribution >= 4 is 24.0 Å². The van der Waals surface area contributed by atoms with Gasteiger partial charge in [-0.15, -0.1) is 0 Å². The Morgan fingerprint density at radius 3 is 1.45 bits per heavy atom. The average Bonchev–Trinajstić information content (AvgIpc) is 3.76. The molecule has 2 saturated heterocycles. The van der Waals surface area contributed by atoms with Gasteiger partial charge >= 0.3 is 12.2 Å². The summed E-state index contributed by atoms with van der Waals surface area (Å²) in [5.74, 6) is 1.72. The number of piperidine rings is 2. The zero-order valence-electron chi connectivity index (χ0n) is 34.2. The minimum absolute atomic E-state index is 0.104. The van der Waals surface area contributed by atoms with Gasteiger partial charge < -0.3 is 40.2 Å². The summed E-state index contributed by atoms with van der Waals surface area (Å²) >= 11 is 0. The third-order valence-corrected chi connectivity index (χ3v) is 12.1. The van der Waals surface area contributed by atoms with Gasteiger partial charge in [-0.05, 0) is 81.3 Å². The predicted molar refractivity (Wildman–Crippen MR) is 217 cm³/mol. The number of benzene rings is 2. The van der Waals surface area contributed by atoms with E-state index in [-0.39, 0.29) is 47.8 Å². The van der Waals surface area contributed by atoms with Crippen molar-refractivity contribution in [3.05, 3.63) is 72.6 Å². The number of amides is 4. The number of hydrogen-bond acceptors (Lipinski definition) is 7. The summed E-state index contributed by atoms with van der Waals surface area (Å²) in [5.41, 5.74) is 4.90. The van der Waals surface area contributed by atoms with E-state index in [2.05, 4.69) is 44.9 Å². The summed E-state index contributed by atoms with van der Waals surface area (Å²) in [4.78, 5) is 72.1. The second-order valence-electron chi connectivity index (χ2n) is 18.2. The van der Waals surface area contributed by atoms with Crippen molar-refractivity contribution in [3.63, 3.8) is 0 Å². The molecule has 2 aromatic carbocycles. The predicted octanol–water partition coefficient (Wildman–Crippen LogP) is 7.30. The van der Waals surface area contributed by atoms with Crippen molar-refractivity contribution < 1.29 is 29.0 Å². The van der Waals surface area contributed by atoms with Gasteiger partial charge in [0.25, 0.3) is 0 Å². The van der Waals surface area contributed by atoms with Crippen LogP contribution in [0, 0.1) is 23.7 Å². The summed E-state index contributed by atoms with van der Waals surface area (Å²) in [6, 6.07) is 14.8. The Morgan fingerprint density at radius 1 is 0.672 bits per heavy atom. The fourth-order valence-corrected chi connectivity index (χ4v) is 8.93. The second kappa shape index (κ2) is 14.9. The molecule has 0 spiro atoms. The Labute approximate surface area is 338 Å². The van der Waals surface area contributed by atoms with E-state index in [0.717, 1.165) is 65.1 Å². The molecule has 4 amide bonds. The number of H-pyrrole nitrogens is 2. The molecule has 4 aromatic rings. The third kappa shape index (κ3) is 7.80. The quantitative estimate of drug-likeness (QED) is 0.105. The molecule has 4 aliphatic rings. The summed E-state index contributed by atoms with van der Waals surface area (Å²) in [6.45, 7) is 13.0. The Bertz CT molecular complexity index is 2190. The summed E-state index contributed by atoms with van der Waals surface area (Å²) in [7, 11) is 0. The lowest BCUT2D eigenvalue weighted by Crippen LogP contribution is -2.52. The van der Waals surface area contributed by atoms with E-state index in [1.54, 1.807) is 20.8 Å². The molecule has 2 aromatic heterocycles. The molecule has 0 bridgehead atoms. The largest absolute Gasteiger partial charge is 0.465 e. The lowest BCUT2D eigenvalue weighted by molar-refractivity contribution is -0.137. The standard InChI is InChI=1S/C44H54N8O6/c1-22(2)36(49-42(55)56)40(53)51-32-16-28(32)18-34(51)38-45-20-30(47-38)26-12-8-24(9-13-26)25-10-14-27(15-11-25)31-21-46-39(48-31)35-19-29-17-33(29)52(35)41(54)37(23(3)4)50-43(57)58-44(5,6)7/h8-15,20-23,28-29,32-37,49H,16-19H2,1-7H3,(H,45,47)(H,46,48)(H,50,57)(H,55,56)/t28-,29-,32-,33-,34+,35+,36+,37+/m1/s1. The molecule has 14 nitrogen and oxygen atoms in total. The van der Waals surface area contributed by atoms with E-state index in [1.165, 1.54) is 0 Å². The summed E-state index contributed by atoms with van der Waals surface area (Å²) < 4.78 is 5.47. The molecule has 2 aliphatic carbocycles. The van der Waals surface area contributed by atoms with Crippen LogP contribution in [0.1, 0.15) is 97.9 Å². The Hall–Kier alpha value is -5.66. The highest BCUT2D eigenvalue weighted by molar-refractivity contribution is 5.88. The number of hydrogen-bond donors (Lipinski definition) is 5. The van der Waals surface area contributed by atoms with Crippen LogP contribution in [-0.4, -0.2) is 88.6 Å². The number of carbonyl (C=O) groups excluding carboxylic acids is 3. The molecule has 2 aliphatic heterocycles. The van der Waals surface area contributed by atoms with Gasteiger partial charge in [0.15, 0.2) is 0 Å². The maximum absolute atomic E-state index is 14.0. The molecule has 8 rings (SSSR count). The van der Waals surface area contributed by atoms with Gasteiger partial charge in [-0.2, -0.15) is 0 Å². The van der Waals surface area contributed by atoms with E-state index in [0.29, 0.717) is 17.7 Å².